The van der Waals surface area contributed by atoms with Crippen LogP contribution in [-0.2, 0) is 4.89 Å². The number of hydrogen-bond donors (Lipinski definition) is 0. The van der Waals surface area contributed by atoms with Crippen LogP contribution in [0.15, 0.2) is 36.6 Å². The van der Waals surface area contributed by atoms with Gasteiger partial charge in [-0.2, -0.15) is 0 Å². The maximum Gasteiger partial charge on any atom is 0.178 e. The van der Waals surface area contributed by atoms with Gasteiger partial charge in [-0.1, -0.05) is 24.3 Å². The van der Waals surface area contributed by atoms with Crippen LogP contribution in [0.1, 0.15) is 12.5 Å². The molecule has 0 N–H and O–H groups in total. The summed E-state index contributed by atoms with van der Waals surface area (Å²) < 4.78 is 0. The zero-order chi connectivity index (χ0) is 8.97. The number of benzene rings is 1. The highest BCUT2D eigenvalue weighted by Gasteiger charge is 1.93. The van der Waals surface area contributed by atoms with E-state index < -0.39 is 0 Å². The molecular formula is C10H12O2. The van der Waals surface area contributed by atoms with Crippen molar-refractivity contribution in [2.24, 2.45) is 0 Å². The summed E-state index contributed by atoms with van der Waals surface area (Å²) in [5, 5.41) is 0. The smallest absolute Gasteiger partial charge is 0.178 e. The molecule has 1 rings (SSSR count). The first kappa shape index (κ1) is 8.65. The van der Waals surface area contributed by atoms with Gasteiger partial charge in [-0.15, -0.1) is 0 Å². The van der Waals surface area contributed by atoms with E-state index >= 15 is 0 Å². The first-order chi connectivity index (χ1) is 5.68. The second-order valence-electron chi connectivity index (χ2n) is 2.68. The van der Waals surface area contributed by atoms with Gasteiger partial charge in [0.2, 0.25) is 0 Å². The quantitative estimate of drug-likeness (QED) is 0.388. The Kier molecular flexibility index (Phi) is 2.75. The standard InChI is InChI=1S/C10H12O2/c1-8(2)11-12-10-6-4-9(3)5-7-10/h4-7H,1H2,2-3H3. The van der Waals surface area contributed by atoms with Crippen molar-refractivity contribution < 1.29 is 9.78 Å². The lowest BCUT2D eigenvalue weighted by Gasteiger charge is -2.04. The van der Waals surface area contributed by atoms with Gasteiger partial charge >= 0.3 is 0 Å². The largest absolute Gasteiger partial charge is 0.295 e. The maximum atomic E-state index is 4.92. The van der Waals surface area contributed by atoms with Crippen molar-refractivity contribution in [2.75, 3.05) is 0 Å². The van der Waals surface area contributed by atoms with E-state index in [4.69, 9.17) is 9.78 Å². The van der Waals surface area contributed by atoms with Gasteiger partial charge in [0.05, 0.1) is 0 Å². The molecule has 0 aliphatic rings. The first-order valence-electron chi connectivity index (χ1n) is 3.75. The summed E-state index contributed by atoms with van der Waals surface area (Å²) in [5.41, 5.74) is 1.19. The lowest BCUT2D eigenvalue weighted by Crippen LogP contribution is -1.93. The predicted octanol–water partition coefficient (Wildman–Crippen LogP) is 2.84. The normalized spacial score (nSPS) is 9.17. The third-order valence-corrected chi connectivity index (χ3v) is 1.30. The van der Waals surface area contributed by atoms with E-state index in [1.165, 1.54) is 5.56 Å². The number of aryl methyl sites for hydroxylation is 1. The Morgan fingerprint density at radius 3 is 2.33 bits per heavy atom. The van der Waals surface area contributed by atoms with Gasteiger partial charge in [0.25, 0.3) is 0 Å². The zero-order valence-electron chi connectivity index (χ0n) is 7.33. The van der Waals surface area contributed by atoms with E-state index in [0.29, 0.717) is 11.5 Å². The van der Waals surface area contributed by atoms with Gasteiger partial charge in [0.15, 0.2) is 5.75 Å². The highest BCUT2D eigenvalue weighted by Crippen LogP contribution is 2.12. The average Bonchev–Trinajstić information content (AvgIpc) is 2.03. The highest BCUT2D eigenvalue weighted by molar-refractivity contribution is 5.25. The zero-order valence-corrected chi connectivity index (χ0v) is 7.33. The fraction of sp³-hybridized carbons (Fsp3) is 0.200. The molecule has 0 heterocycles. The molecule has 0 amide bonds. The maximum absolute atomic E-state index is 4.92. The van der Waals surface area contributed by atoms with E-state index in [2.05, 4.69) is 6.58 Å². The summed E-state index contributed by atoms with van der Waals surface area (Å²) in [6, 6.07) is 7.60. The molecule has 2 nitrogen and oxygen atoms in total. The lowest BCUT2D eigenvalue weighted by molar-refractivity contribution is -0.164. The van der Waals surface area contributed by atoms with E-state index in [1.54, 1.807) is 6.92 Å². The Morgan fingerprint density at radius 1 is 1.25 bits per heavy atom. The lowest BCUT2D eigenvalue weighted by atomic mass is 10.2. The highest BCUT2D eigenvalue weighted by atomic mass is 17.2. The van der Waals surface area contributed by atoms with Crippen LogP contribution in [0.5, 0.6) is 5.75 Å². The van der Waals surface area contributed by atoms with Crippen LogP contribution in [0.3, 0.4) is 0 Å². The number of rotatable bonds is 3. The molecule has 1 aromatic rings. The van der Waals surface area contributed by atoms with Crippen molar-refractivity contribution in [3.8, 4) is 5.75 Å². The molecule has 0 unspecified atom stereocenters. The molecule has 0 radical (unpaired) electrons. The summed E-state index contributed by atoms with van der Waals surface area (Å²) in [7, 11) is 0. The van der Waals surface area contributed by atoms with E-state index in [9.17, 15) is 0 Å². The fourth-order valence-corrected chi connectivity index (χ4v) is 0.713. The Hall–Kier alpha value is -1.44. The van der Waals surface area contributed by atoms with Gasteiger partial charge in [-0.25, -0.2) is 0 Å². The minimum atomic E-state index is 0.538. The summed E-state index contributed by atoms with van der Waals surface area (Å²) in [5.74, 6) is 1.22. The SMILES string of the molecule is C=C(C)OOc1ccc(C)cc1. The second kappa shape index (κ2) is 3.81. The molecule has 0 aromatic heterocycles. The summed E-state index contributed by atoms with van der Waals surface area (Å²) in [6.07, 6.45) is 0. The molecule has 0 saturated heterocycles. The van der Waals surface area contributed by atoms with Crippen LogP contribution in [0.2, 0.25) is 0 Å². The van der Waals surface area contributed by atoms with Crippen molar-refractivity contribution in [1.82, 2.24) is 0 Å². The molecule has 0 aliphatic heterocycles. The summed E-state index contributed by atoms with van der Waals surface area (Å²) in [6.45, 7) is 7.29. The first-order valence-corrected chi connectivity index (χ1v) is 3.75. The molecular weight excluding hydrogens is 152 g/mol. The summed E-state index contributed by atoms with van der Waals surface area (Å²) >= 11 is 0. The van der Waals surface area contributed by atoms with Crippen molar-refractivity contribution >= 4 is 0 Å². The predicted molar refractivity (Wildman–Crippen MR) is 47.7 cm³/mol. The number of allylic oxidation sites excluding steroid dienone is 1. The third-order valence-electron chi connectivity index (χ3n) is 1.30. The minimum absolute atomic E-state index is 0.538. The van der Waals surface area contributed by atoms with Crippen LogP contribution in [0.4, 0.5) is 0 Å². The Balaban J connectivity index is 2.53. The molecule has 0 spiro atoms. The van der Waals surface area contributed by atoms with Gasteiger partial charge in [0, 0.05) is 0 Å². The van der Waals surface area contributed by atoms with Crippen molar-refractivity contribution in [3.05, 3.63) is 42.2 Å². The third kappa shape index (κ3) is 2.66. The van der Waals surface area contributed by atoms with Crippen LogP contribution < -0.4 is 4.89 Å². The molecule has 0 saturated carbocycles. The minimum Gasteiger partial charge on any atom is -0.295 e. The second-order valence-corrected chi connectivity index (χ2v) is 2.68. The summed E-state index contributed by atoms with van der Waals surface area (Å²) in [4.78, 5) is 9.70. The van der Waals surface area contributed by atoms with E-state index in [1.807, 2.05) is 31.2 Å². The molecule has 0 fully saturated rings. The molecule has 0 aliphatic carbocycles. The molecule has 64 valence electrons. The average molecular weight is 164 g/mol. The van der Waals surface area contributed by atoms with E-state index in [0.717, 1.165) is 0 Å². The topological polar surface area (TPSA) is 18.5 Å². The Morgan fingerprint density at radius 2 is 1.83 bits per heavy atom. The van der Waals surface area contributed by atoms with Crippen LogP contribution in [-0.4, -0.2) is 0 Å². The number of hydrogen-bond acceptors (Lipinski definition) is 2. The molecule has 0 atom stereocenters. The Labute approximate surface area is 72.4 Å². The molecule has 1 aromatic carbocycles. The van der Waals surface area contributed by atoms with Gasteiger partial charge in [0.1, 0.15) is 5.76 Å². The van der Waals surface area contributed by atoms with Gasteiger partial charge in [-0.3, -0.25) is 9.78 Å². The van der Waals surface area contributed by atoms with Crippen LogP contribution in [0, 0.1) is 6.92 Å². The van der Waals surface area contributed by atoms with Crippen molar-refractivity contribution in [2.45, 2.75) is 13.8 Å². The van der Waals surface area contributed by atoms with Gasteiger partial charge < -0.3 is 0 Å². The van der Waals surface area contributed by atoms with Gasteiger partial charge in [-0.05, 0) is 26.0 Å². The van der Waals surface area contributed by atoms with Crippen LogP contribution >= 0.6 is 0 Å². The molecule has 0 bridgehead atoms. The molecule has 2 heteroatoms. The van der Waals surface area contributed by atoms with Crippen LogP contribution in [0.25, 0.3) is 0 Å². The molecule has 12 heavy (non-hydrogen) atoms. The van der Waals surface area contributed by atoms with E-state index in [-0.39, 0.29) is 0 Å². The Bertz CT molecular complexity index is 262. The van der Waals surface area contributed by atoms with Crippen molar-refractivity contribution in [3.63, 3.8) is 0 Å². The van der Waals surface area contributed by atoms with Crippen molar-refractivity contribution in [1.29, 1.82) is 0 Å². The monoisotopic (exact) mass is 164 g/mol. The fourth-order valence-electron chi connectivity index (χ4n) is 0.713.